The number of rotatable bonds is 13. The predicted octanol–water partition coefficient (Wildman–Crippen LogP) is 7.69. The number of alkyl halides is 1. The maximum absolute atomic E-state index is 5.70. The lowest BCUT2D eigenvalue weighted by molar-refractivity contribution is 0.545. The van der Waals surface area contributed by atoms with E-state index in [-0.39, 0.29) is 0 Å². The van der Waals surface area contributed by atoms with Crippen molar-refractivity contribution >= 4 is 11.6 Å². The molecule has 1 aromatic rings. The summed E-state index contributed by atoms with van der Waals surface area (Å²) in [6.07, 6.45) is 16.9. The number of unbranched alkanes of at least 4 members (excludes halogenated alkanes) is 11. The van der Waals surface area contributed by atoms with Crippen molar-refractivity contribution in [3.63, 3.8) is 0 Å². The SMILES string of the molecule is CCCCCCCCCCCCCCN.Cc1cccc(CCl)c1C. The van der Waals surface area contributed by atoms with Gasteiger partial charge in [0, 0.05) is 5.88 Å². The van der Waals surface area contributed by atoms with Crippen LogP contribution in [-0.4, -0.2) is 6.54 Å². The summed E-state index contributed by atoms with van der Waals surface area (Å²) in [6, 6.07) is 6.21. The number of aryl methyl sites for hydroxylation is 1. The molecule has 1 rings (SSSR count). The van der Waals surface area contributed by atoms with Crippen LogP contribution < -0.4 is 5.73 Å². The van der Waals surface area contributed by atoms with Gasteiger partial charge in [0.05, 0.1) is 0 Å². The highest BCUT2D eigenvalue weighted by atomic mass is 35.5. The number of benzene rings is 1. The number of hydrogen-bond donors (Lipinski definition) is 1. The summed E-state index contributed by atoms with van der Waals surface area (Å²) >= 11 is 5.70. The van der Waals surface area contributed by atoms with Crippen molar-refractivity contribution < 1.29 is 0 Å². The van der Waals surface area contributed by atoms with Gasteiger partial charge in [-0.25, -0.2) is 0 Å². The third kappa shape index (κ3) is 14.3. The van der Waals surface area contributed by atoms with E-state index in [0.717, 1.165) is 6.54 Å². The molecule has 0 aromatic heterocycles. The Balaban J connectivity index is 0.000000496. The average molecular weight is 368 g/mol. The molecule has 0 saturated heterocycles. The summed E-state index contributed by atoms with van der Waals surface area (Å²) in [6.45, 7) is 7.36. The Morgan fingerprint density at radius 2 is 1.24 bits per heavy atom. The average Bonchev–Trinajstić information content (AvgIpc) is 2.62. The van der Waals surface area contributed by atoms with Crippen LogP contribution in [0.5, 0.6) is 0 Å². The van der Waals surface area contributed by atoms with Crippen molar-refractivity contribution in [2.75, 3.05) is 6.54 Å². The van der Waals surface area contributed by atoms with Gasteiger partial charge in [-0.1, -0.05) is 95.8 Å². The largest absolute Gasteiger partial charge is 0.330 e. The lowest BCUT2D eigenvalue weighted by Crippen LogP contribution is -1.97. The standard InChI is InChI=1S/C14H31N.C9H11Cl/c1-2-3-4-5-6-7-8-9-10-11-12-13-14-15;1-7-4-3-5-9(6-10)8(7)2/h2-15H2,1H3;3-5H,6H2,1-2H3. The molecule has 1 aromatic carbocycles. The molecule has 0 aliphatic carbocycles. The zero-order valence-corrected chi connectivity index (χ0v) is 17.8. The lowest BCUT2D eigenvalue weighted by atomic mass is 10.1. The van der Waals surface area contributed by atoms with Gasteiger partial charge in [-0.05, 0) is 43.5 Å². The van der Waals surface area contributed by atoms with E-state index in [4.69, 9.17) is 17.3 Å². The minimum absolute atomic E-state index is 0.619. The molecule has 0 aliphatic rings. The van der Waals surface area contributed by atoms with Crippen LogP contribution >= 0.6 is 11.6 Å². The topological polar surface area (TPSA) is 26.0 Å². The smallest absolute Gasteiger partial charge is 0.0476 e. The van der Waals surface area contributed by atoms with Crippen LogP contribution in [0.1, 0.15) is 101 Å². The number of nitrogens with two attached hydrogens (primary N) is 1. The van der Waals surface area contributed by atoms with E-state index in [1.54, 1.807) is 0 Å². The summed E-state index contributed by atoms with van der Waals surface area (Å²) in [5.74, 6) is 0.619. The molecule has 1 nitrogen and oxygen atoms in total. The molecule has 0 amide bonds. The number of halogens is 1. The highest BCUT2D eigenvalue weighted by Gasteiger charge is 1.96. The summed E-state index contributed by atoms with van der Waals surface area (Å²) in [5, 5.41) is 0. The van der Waals surface area contributed by atoms with Crippen molar-refractivity contribution in [3.8, 4) is 0 Å². The molecule has 2 N–H and O–H groups in total. The van der Waals surface area contributed by atoms with Gasteiger partial charge in [0.1, 0.15) is 0 Å². The molecular formula is C23H42ClN. The molecule has 2 heteroatoms. The Morgan fingerprint density at radius 1 is 0.760 bits per heavy atom. The first kappa shape index (κ1) is 24.5. The summed E-state index contributed by atoms with van der Waals surface area (Å²) in [7, 11) is 0. The van der Waals surface area contributed by atoms with Crippen molar-refractivity contribution in [2.24, 2.45) is 5.73 Å². The maximum Gasteiger partial charge on any atom is 0.0476 e. The first-order chi connectivity index (χ1) is 12.2. The fourth-order valence-corrected chi connectivity index (χ4v) is 3.23. The van der Waals surface area contributed by atoms with E-state index in [1.807, 2.05) is 6.07 Å². The molecule has 0 heterocycles. The fraction of sp³-hybridized carbons (Fsp3) is 0.739. The molecule has 0 unspecified atom stereocenters. The van der Waals surface area contributed by atoms with Crippen LogP contribution in [0.15, 0.2) is 18.2 Å². The predicted molar refractivity (Wildman–Crippen MR) is 116 cm³/mol. The van der Waals surface area contributed by atoms with Crippen LogP contribution in [0.3, 0.4) is 0 Å². The minimum atomic E-state index is 0.619. The zero-order valence-electron chi connectivity index (χ0n) is 17.1. The van der Waals surface area contributed by atoms with Crippen LogP contribution in [0.2, 0.25) is 0 Å². The Kier molecular flexibility index (Phi) is 17.9. The normalized spacial score (nSPS) is 10.4. The second kappa shape index (κ2) is 18.3. The van der Waals surface area contributed by atoms with Crippen molar-refractivity contribution in [2.45, 2.75) is 104 Å². The van der Waals surface area contributed by atoms with Crippen LogP contribution in [0.25, 0.3) is 0 Å². The second-order valence-corrected chi connectivity index (χ2v) is 7.44. The molecule has 0 bridgehead atoms. The minimum Gasteiger partial charge on any atom is -0.330 e. The van der Waals surface area contributed by atoms with Gasteiger partial charge in [0.25, 0.3) is 0 Å². The summed E-state index contributed by atoms with van der Waals surface area (Å²) < 4.78 is 0. The van der Waals surface area contributed by atoms with Crippen molar-refractivity contribution in [3.05, 3.63) is 34.9 Å². The molecule has 25 heavy (non-hydrogen) atoms. The van der Waals surface area contributed by atoms with Crippen LogP contribution in [0.4, 0.5) is 0 Å². The van der Waals surface area contributed by atoms with E-state index >= 15 is 0 Å². The van der Waals surface area contributed by atoms with Crippen LogP contribution in [-0.2, 0) is 5.88 Å². The summed E-state index contributed by atoms with van der Waals surface area (Å²) in [5.41, 5.74) is 9.32. The fourth-order valence-electron chi connectivity index (χ4n) is 2.94. The first-order valence-electron chi connectivity index (χ1n) is 10.5. The van der Waals surface area contributed by atoms with Gasteiger partial charge < -0.3 is 5.73 Å². The Hall–Kier alpha value is -0.530. The van der Waals surface area contributed by atoms with E-state index in [1.165, 1.54) is 93.7 Å². The molecule has 0 spiro atoms. The highest BCUT2D eigenvalue weighted by molar-refractivity contribution is 6.17. The van der Waals surface area contributed by atoms with Gasteiger partial charge in [0.15, 0.2) is 0 Å². The molecule has 146 valence electrons. The Morgan fingerprint density at radius 3 is 1.64 bits per heavy atom. The molecule has 0 radical (unpaired) electrons. The van der Waals surface area contributed by atoms with Gasteiger partial charge in [0.2, 0.25) is 0 Å². The maximum atomic E-state index is 5.70. The van der Waals surface area contributed by atoms with E-state index < -0.39 is 0 Å². The summed E-state index contributed by atoms with van der Waals surface area (Å²) in [4.78, 5) is 0. The van der Waals surface area contributed by atoms with E-state index in [0.29, 0.717) is 5.88 Å². The second-order valence-electron chi connectivity index (χ2n) is 7.17. The van der Waals surface area contributed by atoms with Crippen LogP contribution in [0, 0.1) is 13.8 Å². The molecular weight excluding hydrogens is 326 g/mol. The Labute approximate surface area is 162 Å². The molecule has 0 fully saturated rings. The highest BCUT2D eigenvalue weighted by Crippen LogP contribution is 2.14. The first-order valence-corrected chi connectivity index (χ1v) is 11.0. The van der Waals surface area contributed by atoms with E-state index in [9.17, 15) is 0 Å². The van der Waals surface area contributed by atoms with Crippen molar-refractivity contribution in [1.82, 2.24) is 0 Å². The zero-order chi connectivity index (χ0) is 18.8. The molecule has 0 atom stereocenters. The lowest BCUT2D eigenvalue weighted by Gasteiger charge is -2.03. The number of hydrogen-bond acceptors (Lipinski definition) is 1. The third-order valence-electron chi connectivity index (χ3n) is 4.92. The van der Waals surface area contributed by atoms with Gasteiger partial charge in [-0.2, -0.15) is 0 Å². The molecule has 0 saturated carbocycles. The monoisotopic (exact) mass is 367 g/mol. The molecule has 0 aliphatic heterocycles. The van der Waals surface area contributed by atoms with E-state index in [2.05, 4.69) is 32.9 Å². The third-order valence-corrected chi connectivity index (χ3v) is 5.21. The quantitative estimate of drug-likeness (QED) is 0.280. The van der Waals surface area contributed by atoms with Gasteiger partial charge in [-0.15, -0.1) is 11.6 Å². The van der Waals surface area contributed by atoms with Crippen molar-refractivity contribution in [1.29, 1.82) is 0 Å². The Bertz CT molecular complexity index is 391. The van der Waals surface area contributed by atoms with Gasteiger partial charge in [-0.3, -0.25) is 0 Å². The van der Waals surface area contributed by atoms with Gasteiger partial charge >= 0.3 is 0 Å².